The normalized spacial score (nSPS) is 30.6. The van der Waals surface area contributed by atoms with E-state index in [2.05, 4.69) is 0 Å². The fourth-order valence-electron chi connectivity index (χ4n) is 1.17. The molecule has 1 rings (SSSR count). The molecule has 1 heterocycles. The van der Waals surface area contributed by atoms with Gasteiger partial charge in [-0.3, -0.25) is 4.79 Å². The number of rotatable bonds is 3. The van der Waals surface area contributed by atoms with Crippen molar-refractivity contribution >= 4 is 17.7 Å². The van der Waals surface area contributed by atoms with Crippen LogP contribution >= 0.6 is 11.8 Å². The predicted octanol–water partition coefficient (Wildman–Crippen LogP) is 0.575. The summed E-state index contributed by atoms with van der Waals surface area (Å²) in [6, 6.07) is 0. The molecule has 0 aromatic heterocycles. The maximum Gasteiger partial charge on any atom is 0.303 e. The Morgan fingerprint density at radius 2 is 2.27 bits per heavy atom. The molecule has 1 aliphatic rings. The zero-order chi connectivity index (χ0) is 8.27. The van der Waals surface area contributed by atoms with E-state index >= 15 is 0 Å². The third-order valence-electron chi connectivity index (χ3n) is 1.89. The molecule has 0 aromatic carbocycles. The monoisotopic (exact) mass is 176 g/mol. The number of carboxylic acid groups (broad SMARTS) is 1. The first kappa shape index (κ1) is 8.87. The topological polar surface area (TPSA) is 57.5 Å². The lowest BCUT2D eigenvalue weighted by atomic mass is 10.0. The van der Waals surface area contributed by atoms with Gasteiger partial charge in [-0.1, -0.05) is 0 Å². The molecule has 3 nitrogen and oxygen atoms in total. The van der Waals surface area contributed by atoms with Crippen molar-refractivity contribution in [3.63, 3.8) is 0 Å². The van der Waals surface area contributed by atoms with Gasteiger partial charge < -0.3 is 10.2 Å². The fraction of sp³-hybridized carbons (Fsp3) is 0.857. The highest BCUT2D eigenvalue weighted by Crippen LogP contribution is 2.27. The van der Waals surface area contributed by atoms with Crippen molar-refractivity contribution in [1.82, 2.24) is 0 Å². The van der Waals surface area contributed by atoms with E-state index in [4.69, 9.17) is 5.11 Å². The molecule has 2 N–H and O–H groups in total. The van der Waals surface area contributed by atoms with Gasteiger partial charge in [0.1, 0.15) is 0 Å². The highest BCUT2D eigenvalue weighted by Gasteiger charge is 2.25. The molecule has 0 radical (unpaired) electrons. The van der Waals surface area contributed by atoms with E-state index in [1.54, 1.807) is 11.8 Å². The second-order valence-electron chi connectivity index (χ2n) is 2.80. The van der Waals surface area contributed by atoms with Crippen molar-refractivity contribution in [1.29, 1.82) is 0 Å². The summed E-state index contributed by atoms with van der Waals surface area (Å²) < 4.78 is 0. The van der Waals surface area contributed by atoms with Crippen molar-refractivity contribution in [2.75, 3.05) is 11.5 Å². The molecule has 0 bridgehead atoms. The van der Waals surface area contributed by atoms with Crippen LogP contribution in [0.4, 0.5) is 0 Å². The summed E-state index contributed by atoms with van der Waals surface area (Å²) in [5.41, 5.74) is 0. The van der Waals surface area contributed by atoms with E-state index in [-0.39, 0.29) is 18.4 Å². The van der Waals surface area contributed by atoms with Gasteiger partial charge in [-0.05, 0) is 18.1 Å². The minimum absolute atomic E-state index is 0.183. The smallest absolute Gasteiger partial charge is 0.303 e. The highest BCUT2D eigenvalue weighted by molar-refractivity contribution is 7.99. The summed E-state index contributed by atoms with van der Waals surface area (Å²) in [6.45, 7) is 0. The number of carbonyl (C=O) groups is 1. The number of aliphatic hydroxyl groups is 1. The molecule has 0 spiro atoms. The Kier molecular flexibility index (Phi) is 3.20. The second-order valence-corrected chi connectivity index (χ2v) is 3.87. The van der Waals surface area contributed by atoms with E-state index in [1.165, 1.54) is 0 Å². The van der Waals surface area contributed by atoms with E-state index in [0.29, 0.717) is 6.42 Å². The largest absolute Gasteiger partial charge is 0.481 e. The van der Waals surface area contributed by atoms with Crippen molar-refractivity contribution in [2.24, 2.45) is 5.92 Å². The lowest BCUT2D eigenvalue weighted by Crippen LogP contribution is -2.18. The fourth-order valence-corrected chi connectivity index (χ4v) is 2.51. The van der Waals surface area contributed by atoms with Crippen LogP contribution in [0.15, 0.2) is 0 Å². The van der Waals surface area contributed by atoms with Crippen LogP contribution in [-0.2, 0) is 4.79 Å². The molecule has 1 fully saturated rings. The van der Waals surface area contributed by atoms with Gasteiger partial charge in [0.15, 0.2) is 0 Å². The van der Waals surface area contributed by atoms with Crippen molar-refractivity contribution in [3.8, 4) is 0 Å². The lowest BCUT2D eigenvalue weighted by molar-refractivity contribution is -0.137. The summed E-state index contributed by atoms with van der Waals surface area (Å²) in [7, 11) is 0. The average Bonchev–Trinajstić information content (AvgIpc) is 2.31. The first-order valence-electron chi connectivity index (χ1n) is 3.67. The van der Waals surface area contributed by atoms with E-state index in [1.807, 2.05) is 0 Å². The quantitative estimate of drug-likeness (QED) is 0.660. The van der Waals surface area contributed by atoms with Crippen molar-refractivity contribution < 1.29 is 15.0 Å². The van der Waals surface area contributed by atoms with Crippen LogP contribution in [-0.4, -0.2) is 33.8 Å². The molecule has 1 aliphatic heterocycles. The molecule has 2 atom stereocenters. The Hall–Kier alpha value is -0.220. The molecular formula is C7H12O3S. The third kappa shape index (κ3) is 2.71. The molecule has 11 heavy (non-hydrogen) atoms. The minimum Gasteiger partial charge on any atom is -0.481 e. The number of carboxylic acids is 1. The van der Waals surface area contributed by atoms with E-state index < -0.39 is 5.97 Å². The average molecular weight is 176 g/mol. The van der Waals surface area contributed by atoms with Gasteiger partial charge in [-0.25, -0.2) is 0 Å². The number of aliphatic hydroxyl groups excluding tert-OH is 1. The Balaban J connectivity index is 2.20. The minimum atomic E-state index is -0.769. The zero-order valence-corrected chi connectivity index (χ0v) is 7.01. The predicted molar refractivity (Wildman–Crippen MR) is 43.7 cm³/mol. The molecule has 4 heteroatoms. The second kappa shape index (κ2) is 3.97. The van der Waals surface area contributed by atoms with Crippen LogP contribution in [0, 0.1) is 5.92 Å². The van der Waals surface area contributed by atoms with Crippen molar-refractivity contribution in [2.45, 2.75) is 18.9 Å². The Morgan fingerprint density at radius 1 is 1.55 bits per heavy atom. The maximum atomic E-state index is 10.2. The van der Waals surface area contributed by atoms with Gasteiger partial charge in [0.2, 0.25) is 0 Å². The van der Waals surface area contributed by atoms with E-state index in [9.17, 15) is 9.90 Å². The molecule has 0 amide bonds. The lowest BCUT2D eigenvalue weighted by Gasteiger charge is -2.10. The molecule has 64 valence electrons. The highest BCUT2D eigenvalue weighted by atomic mass is 32.2. The number of aliphatic carboxylic acids is 1. The van der Waals surface area contributed by atoms with Crippen LogP contribution in [0.1, 0.15) is 12.8 Å². The first-order chi connectivity index (χ1) is 5.20. The molecular weight excluding hydrogens is 164 g/mol. The number of thioether (sulfide) groups is 1. The van der Waals surface area contributed by atoms with Crippen LogP contribution in [0.3, 0.4) is 0 Å². The number of hydrogen-bond donors (Lipinski definition) is 2. The molecule has 0 unspecified atom stereocenters. The van der Waals surface area contributed by atoms with Crippen LogP contribution in [0.5, 0.6) is 0 Å². The molecule has 0 saturated carbocycles. The summed E-state index contributed by atoms with van der Waals surface area (Å²) in [5, 5.41) is 17.7. The van der Waals surface area contributed by atoms with Gasteiger partial charge in [-0.15, -0.1) is 0 Å². The number of hydrogen-bond acceptors (Lipinski definition) is 3. The Labute approximate surface area is 69.8 Å². The summed E-state index contributed by atoms with van der Waals surface area (Å²) in [4.78, 5) is 10.2. The standard InChI is InChI=1S/C7H12O3S/c8-6-4-11-3-5(6)1-2-7(9)10/h5-6,8H,1-4H2,(H,9,10)/t5-,6+/m0/s1. The SMILES string of the molecule is O=C(O)CC[C@H]1CSC[C@H]1O. The van der Waals surface area contributed by atoms with E-state index in [0.717, 1.165) is 11.5 Å². The summed E-state index contributed by atoms with van der Waals surface area (Å²) >= 11 is 1.70. The zero-order valence-electron chi connectivity index (χ0n) is 6.19. The van der Waals surface area contributed by atoms with Gasteiger partial charge in [0.25, 0.3) is 0 Å². The molecule has 0 aliphatic carbocycles. The van der Waals surface area contributed by atoms with Gasteiger partial charge in [-0.2, -0.15) is 11.8 Å². The van der Waals surface area contributed by atoms with Crippen molar-refractivity contribution in [3.05, 3.63) is 0 Å². The maximum absolute atomic E-state index is 10.2. The van der Waals surface area contributed by atoms with Gasteiger partial charge >= 0.3 is 5.97 Å². The van der Waals surface area contributed by atoms with Crippen LogP contribution < -0.4 is 0 Å². The molecule has 0 aromatic rings. The Bertz CT molecular complexity index is 149. The Morgan fingerprint density at radius 3 is 2.73 bits per heavy atom. The van der Waals surface area contributed by atoms with Crippen LogP contribution in [0.25, 0.3) is 0 Å². The summed E-state index contributed by atoms with van der Waals surface area (Å²) in [5.74, 6) is 1.11. The van der Waals surface area contributed by atoms with Gasteiger partial charge in [0, 0.05) is 12.2 Å². The van der Waals surface area contributed by atoms with Crippen LogP contribution in [0.2, 0.25) is 0 Å². The third-order valence-corrected chi connectivity index (χ3v) is 3.13. The molecule has 1 saturated heterocycles. The van der Waals surface area contributed by atoms with Gasteiger partial charge in [0.05, 0.1) is 6.10 Å². The summed E-state index contributed by atoms with van der Waals surface area (Å²) in [6.07, 6.45) is 0.519. The first-order valence-corrected chi connectivity index (χ1v) is 4.83.